The smallest absolute Gasteiger partial charge is 0.242 e. The maximum atomic E-state index is 11.7. The molecule has 1 atom stereocenters. The molecule has 0 aromatic carbocycles. The van der Waals surface area contributed by atoms with Crippen LogP contribution in [0.5, 0.6) is 0 Å². The second-order valence-corrected chi connectivity index (χ2v) is 6.27. The number of nitrogens with zero attached hydrogens (tertiary/aromatic N) is 1. The predicted molar refractivity (Wildman–Crippen MR) is 82.1 cm³/mol. The average molecular weight is 316 g/mol. The summed E-state index contributed by atoms with van der Waals surface area (Å²) in [7, 11) is 0. The molecule has 1 fully saturated rings. The Morgan fingerprint density at radius 1 is 1.48 bits per heavy atom. The lowest BCUT2D eigenvalue weighted by Gasteiger charge is -2.24. The van der Waals surface area contributed by atoms with Gasteiger partial charge in [-0.3, -0.25) is 19.3 Å². The van der Waals surface area contributed by atoms with Crippen LogP contribution in [0.25, 0.3) is 0 Å². The third kappa shape index (κ3) is 5.67. The molecular formula is C14H24N2O4S. The van der Waals surface area contributed by atoms with Crippen molar-refractivity contribution in [3.63, 3.8) is 0 Å². The van der Waals surface area contributed by atoms with E-state index in [2.05, 4.69) is 17.9 Å². The van der Waals surface area contributed by atoms with E-state index >= 15 is 0 Å². The van der Waals surface area contributed by atoms with Crippen LogP contribution in [-0.2, 0) is 19.1 Å². The van der Waals surface area contributed by atoms with Crippen molar-refractivity contribution in [3.8, 4) is 0 Å². The van der Waals surface area contributed by atoms with Gasteiger partial charge in [0.05, 0.1) is 10.9 Å². The molecule has 0 radical (unpaired) electrons. The molecule has 1 unspecified atom stereocenters. The number of ether oxygens (including phenoxy) is 1. The summed E-state index contributed by atoms with van der Waals surface area (Å²) in [5.74, 6) is -0.746. The Balaban J connectivity index is 2.26. The van der Waals surface area contributed by atoms with Crippen molar-refractivity contribution in [2.24, 2.45) is 0 Å². The number of carbonyl (C=O) groups excluding carboxylic acids is 3. The third-order valence-electron chi connectivity index (χ3n) is 3.37. The van der Waals surface area contributed by atoms with Gasteiger partial charge in [0.15, 0.2) is 0 Å². The molecule has 0 aromatic rings. The first kappa shape index (κ1) is 18.0. The maximum Gasteiger partial charge on any atom is 0.242 e. The first-order valence-corrected chi connectivity index (χ1v) is 7.71. The number of imide groups is 1. The summed E-state index contributed by atoms with van der Waals surface area (Å²) in [6, 6.07) is 0. The van der Waals surface area contributed by atoms with Gasteiger partial charge in [-0.05, 0) is 27.2 Å². The van der Waals surface area contributed by atoms with Gasteiger partial charge in [-0.25, -0.2) is 0 Å². The van der Waals surface area contributed by atoms with E-state index in [1.54, 1.807) is 0 Å². The minimum absolute atomic E-state index is 0.117. The molecule has 0 bridgehead atoms. The molecule has 0 aromatic heterocycles. The van der Waals surface area contributed by atoms with Crippen molar-refractivity contribution in [1.29, 1.82) is 0 Å². The Morgan fingerprint density at radius 3 is 2.67 bits per heavy atom. The summed E-state index contributed by atoms with van der Waals surface area (Å²) in [5, 5.41) is 2.21. The van der Waals surface area contributed by atoms with Crippen molar-refractivity contribution in [2.75, 3.05) is 19.7 Å². The van der Waals surface area contributed by atoms with Crippen LogP contribution in [0.3, 0.4) is 0 Å². The molecule has 3 amide bonds. The van der Waals surface area contributed by atoms with Crippen LogP contribution >= 0.6 is 12.6 Å². The molecule has 6 nitrogen and oxygen atoms in total. The molecule has 0 spiro atoms. The largest absolute Gasteiger partial charge is 0.376 e. The Labute approximate surface area is 131 Å². The quantitative estimate of drug-likeness (QED) is 0.512. The van der Waals surface area contributed by atoms with Crippen LogP contribution in [0.1, 0.15) is 40.0 Å². The first-order valence-electron chi connectivity index (χ1n) is 7.20. The molecule has 1 rings (SSSR count). The third-order valence-corrected chi connectivity index (χ3v) is 3.77. The van der Waals surface area contributed by atoms with E-state index in [-0.39, 0.29) is 42.7 Å². The highest BCUT2D eigenvalue weighted by molar-refractivity contribution is 7.81. The molecule has 7 heteroatoms. The Hall–Kier alpha value is -1.08. The molecule has 1 N–H and O–H groups in total. The Bertz CT molecular complexity index is 412. The Morgan fingerprint density at radius 2 is 2.14 bits per heavy atom. The molecule has 120 valence electrons. The predicted octanol–water partition coefficient (Wildman–Crippen LogP) is 0.755. The van der Waals surface area contributed by atoms with Crippen molar-refractivity contribution in [3.05, 3.63) is 0 Å². The van der Waals surface area contributed by atoms with E-state index in [0.717, 1.165) is 4.90 Å². The number of rotatable bonds is 8. The lowest BCUT2D eigenvalue weighted by atomic mass is 10.1. The average Bonchev–Trinajstić information content (AvgIpc) is 2.61. The summed E-state index contributed by atoms with van der Waals surface area (Å²) < 4.78 is 5.53. The van der Waals surface area contributed by atoms with Crippen LogP contribution in [-0.4, -0.2) is 53.2 Å². The zero-order valence-electron chi connectivity index (χ0n) is 12.8. The van der Waals surface area contributed by atoms with Gasteiger partial charge >= 0.3 is 0 Å². The first-order chi connectivity index (χ1) is 9.76. The van der Waals surface area contributed by atoms with Gasteiger partial charge in [0.2, 0.25) is 17.7 Å². The number of hydrogen-bond donors (Lipinski definition) is 2. The number of thiol groups is 1. The van der Waals surface area contributed by atoms with E-state index < -0.39 is 5.25 Å². The van der Waals surface area contributed by atoms with Gasteiger partial charge in [0.1, 0.15) is 0 Å². The van der Waals surface area contributed by atoms with Gasteiger partial charge in [0.25, 0.3) is 0 Å². The van der Waals surface area contributed by atoms with Crippen molar-refractivity contribution in [1.82, 2.24) is 10.2 Å². The number of nitrogens with one attached hydrogen (secondary N) is 1. The van der Waals surface area contributed by atoms with Crippen LogP contribution in [0.2, 0.25) is 0 Å². The van der Waals surface area contributed by atoms with Gasteiger partial charge in [0, 0.05) is 32.5 Å². The molecule has 1 aliphatic heterocycles. The fraction of sp³-hybridized carbons (Fsp3) is 0.786. The number of carbonyl (C=O) groups is 3. The van der Waals surface area contributed by atoms with E-state index in [1.807, 2.05) is 20.8 Å². The monoisotopic (exact) mass is 316 g/mol. The standard InChI is InChI=1S/C14H24N2O4S/c1-4-20-14(2,3)6-7-15-11(17)5-8-16-12(18)9-10(21)13(16)19/h10,21H,4-9H2,1-3H3,(H,15,17). The lowest BCUT2D eigenvalue weighted by molar-refractivity contribution is -0.138. The second kappa shape index (κ2) is 7.79. The summed E-state index contributed by atoms with van der Waals surface area (Å²) in [6.45, 7) is 7.12. The highest BCUT2D eigenvalue weighted by Crippen LogP contribution is 2.17. The van der Waals surface area contributed by atoms with Crippen LogP contribution in [0, 0.1) is 0 Å². The SMILES string of the molecule is CCOC(C)(C)CCNC(=O)CCN1C(=O)CC(S)C1=O. The number of hydrogen-bond acceptors (Lipinski definition) is 5. The lowest BCUT2D eigenvalue weighted by Crippen LogP contribution is -2.37. The van der Waals surface area contributed by atoms with Crippen molar-refractivity contribution in [2.45, 2.75) is 50.9 Å². The van der Waals surface area contributed by atoms with Crippen LogP contribution in [0.15, 0.2) is 0 Å². The van der Waals surface area contributed by atoms with Gasteiger partial charge in [-0.1, -0.05) is 0 Å². The number of amides is 3. The highest BCUT2D eigenvalue weighted by atomic mass is 32.1. The molecule has 0 saturated carbocycles. The molecule has 21 heavy (non-hydrogen) atoms. The van der Waals surface area contributed by atoms with E-state index in [4.69, 9.17) is 4.74 Å². The van der Waals surface area contributed by atoms with E-state index in [9.17, 15) is 14.4 Å². The van der Waals surface area contributed by atoms with Crippen LogP contribution in [0.4, 0.5) is 0 Å². The number of likely N-dealkylation sites (tertiary alicyclic amines) is 1. The topological polar surface area (TPSA) is 75.7 Å². The molecule has 1 aliphatic rings. The Kier molecular flexibility index (Phi) is 6.67. The normalized spacial score (nSPS) is 19.2. The summed E-state index contributed by atoms with van der Waals surface area (Å²) in [6.07, 6.45) is 0.937. The second-order valence-electron chi connectivity index (χ2n) is 5.65. The highest BCUT2D eigenvalue weighted by Gasteiger charge is 2.36. The van der Waals surface area contributed by atoms with Gasteiger partial charge in [-0.2, -0.15) is 12.6 Å². The fourth-order valence-electron chi connectivity index (χ4n) is 2.17. The van der Waals surface area contributed by atoms with E-state index in [1.165, 1.54) is 0 Å². The molecule has 1 heterocycles. The van der Waals surface area contributed by atoms with Gasteiger partial charge in [-0.15, -0.1) is 0 Å². The minimum Gasteiger partial charge on any atom is -0.376 e. The minimum atomic E-state index is -0.562. The van der Waals surface area contributed by atoms with Crippen molar-refractivity contribution < 1.29 is 19.1 Å². The zero-order valence-corrected chi connectivity index (χ0v) is 13.7. The summed E-state index contributed by atoms with van der Waals surface area (Å²) >= 11 is 4.03. The zero-order chi connectivity index (χ0) is 16.0. The summed E-state index contributed by atoms with van der Waals surface area (Å²) in [4.78, 5) is 36.0. The van der Waals surface area contributed by atoms with Crippen LogP contribution < -0.4 is 5.32 Å². The molecule has 1 saturated heterocycles. The fourth-order valence-corrected chi connectivity index (χ4v) is 2.46. The van der Waals surface area contributed by atoms with Gasteiger partial charge < -0.3 is 10.1 Å². The van der Waals surface area contributed by atoms with Crippen molar-refractivity contribution >= 4 is 30.4 Å². The summed E-state index contributed by atoms with van der Waals surface area (Å²) in [5.41, 5.74) is -0.276. The molecule has 0 aliphatic carbocycles. The maximum absolute atomic E-state index is 11.7. The molecular weight excluding hydrogens is 292 g/mol. The van der Waals surface area contributed by atoms with E-state index in [0.29, 0.717) is 19.6 Å².